The molecule has 3 N–H and O–H groups in total. The van der Waals surface area contributed by atoms with E-state index >= 15 is 0 Å². The minimum absolute atomic E-state index is 0.492. The van der Waals surface area contributed by atoms with Crippen LogP contribution >= 0.6 is 11.8 Å². The molecule has 0 amide bonds. The predicted molar refractivity (Wildman–Crippen MR) is 48.3 cm³/mol. The van der Waals surface area contributed by atoms with Crippen molar-refractivity contribution in [1.29, 1.82) is 0 Å². The summed E-state index contributed by atoms with van der Waals surface area (Å²) in [7, 11) is 0. The summed E-state index contributed by atoms with van der Waals surface area (Å²) >= 11 is 1.72. The Hall–Kier alpha value is -0.670. The van der Waals surface area contributed by atoms with E-state index in [1.165, 1.54) is 10.5 Å². The fourth-order valence-corrected chi connectivity index (χ4v) is 2.41. The van der Waals surface area contributed by atoms with E-state index in [9.17, 15) is 0 Å². The summed E-state index contributed by atoms with van der Waals surface area (Å²) in [4.78, 5) is 1.38. The van der Waals surface area contributed by atoms with Gasteiger partial charge in [0.25, 0.3) is 0 Å². The minimum Gasteiger partial charge on any atom is -0.318 e. The topological polar surface area (TPSA) is 38.0 Å². The predicted octanol–water partition coefficient (Wildman–Crippen LogP) is 1.50. The lowest BCUT2D eigenvalue weighted by Crippen LogP contribution is -2.17. The van der Waals surface area contributed by atoms with Crippen molar-refractivity contribution in [3.63, 3.8) is 0 Å². The van der Waals surface area contributed by atoms with Crippen LogP contribution in [-0.2, 0) is 0 Å². The van der Waals surface area contributed by atoms with Crippen LogP contribution in [0.5, 0.6) is 0 Å². The molecule has 0 saturated carbocycles. The first-order valence-corrected chi connectivity index (χ1v) is 4.37. The molecule has 1 aliphatic carbocycles. The number of thioether (sulfide) groups is 1. The first kappa shape index (κ1) is 7.00. The van der Waals surface area contributed by atoms with Crippen LogP contribution in [0, 0.1) is 5.92 Å². The minimum atomic E-state index is 0.492. The summed E-state index contributed by atoms with van der Waals surface area (Å²) in [5.74, 6) is 5.78. The van der Waals surface area contributed by atoms with Crippen molar-refractivity contribution in [1.82, 2.24) is 5.43 Å². The molecule has 0 spiro atoms. The number of hydrogen-bond donors (Lipinski definition) is 2. The fraction of sp³-hybridized carbons (Fsp3) is 0.250. The molecule has 0 fully saturated rings. The van der Waals surface area contributed by atoms with Gasteiger partial charge >= 0.3 is 0 Å². The van der Waals surface area contributed by atoms with Crippen molar-refractivity contribution < 1.29 is 0 Å². The van der Waals surface area contributed by atoms with Gasteiger partial charge in [0.2, 0.25) is 0 Å². The van der Waals surface area contributed by atoms with Gasteiger partial charge in [-0.25, -0.2) is 0 Å². The van der Waals surface area contributed by atoms with Crippen LogP contribution in [0.2, 0.25) is 0 Å². The first-order valence-electron chi connectivity index (χ1n) is 3.56. The maximum atomic E-state index is 5.28. The summed E-state index contributed by atoms with van der Waals surface area (Å²) < 4.78 is 0. The molecule has 0 saturated heterocycles. The smallest absolute Gasteiger partial charge is 0.0836 e. The van der Waals surface area contributed by atoms with Gasteiger partial charge in [-0.05, 0) is 19.1 Å². The second-order valence-electron chi connectivity index (χ2n) is 2.76. The average Bonchev–Trinajstić information content (AvgIpc) is 2.43. The van der Waals surface area contributed by atoms with Crippen molar-refractivity contribution in [2.24, 2.45) is 11.8 Å². The van der Waals surface area contributed by atoms with Gasteiger partial charge in [-0.3, -0.25) is 5.84 Å². The van der Waals surface area contributed by atoms with Gasteiger partial charge in [-0.15, -0.1) is 0 Å². The Bertz CT molecular complexity index is 276. The van der Waals surface area contributed by atoms with Crippen LogP contribution in [0.3, 0.4) is 0 Å². The third-order valence-corrected chi connectivity index (χ3v) is 2.94. The number of hydrogen-bond acceptors (Lipinski definition) is 3. The molecule has 3 heteroatoms. The third kappa shape index (κ3) is 1.10. The highest BCUT2D eigenvalue weighted by molar-refractivity contribution is 8.07. The highest BCUT2D eigenvalue weighted by Crippen LogP contribution is 2.43. The molecule has 0 aromatic carbocycles. The SMILES string of the molecule is CC1=CC2C=C(NN)SC2=C1. The lowest BCUT2D eigenvalue weighted by Gasteiger charge is -1.97. The van der Waals surface area contributed by atoms with E-state index in [1.807, 2.05) is 0 Å². The van der Waals surface area contributed by atoms with E-state index in [0.717, 1.165) is 5.03 Å². The van der Waals surface area contributed by atoms with Gasteiger partial charge in [0, 0.05) is 10.8 Å². The zero-order valence-electron chi connectivity index (χ0n) is 6.29. The van der Waals surface area contributed by atoms with Crippen molar-refractivity contribution >= 4 is 11.8 Å². The molecule has 1 heterocycles. The molecule has 11 heavy (non-hydrogen) atoms. The fourth-order valence-electron chi connectivity index (χ4n) is 1.36. The molecule has 0 radical (unpaired) electrons. The third-order valence-electron chi connectivity index (χ3n) is 1.84. The van der Waals surface area contributed by atoms with E-state index in [2.05, 4.69) is 30.6 Å². The van der Waals surface area contributed by atoms with Gasteiger partial charge < -0.3 is 5.43 Å². The van der Waals surface area contributed by atoms with Crippen LogP contribution < -0.4 is 11.3 Å². The second-order valence-corrected chi connectivity index (χ2v) is 3.88. The molecular formula is C8H10N2S. The Labute approximate surface area is 70.2 Å². The van der Waals surface area contributed by atoms with E-state index in [4.69, 9.17) is 5.84 Å². The summed E-state index contributed by atoms with van der Waals surface area (Å²) in [6.45, 7) is 2.12. The molecule has 0 aromatic heterocycles. The Balaban J connectivity index is 2.24. The number of fused-ring (bicyclic) bond motifs is 1. The summed E-state index contributed by atoms with van der Waals surface area (Å²) in [5, 5.41) is 1.06. The lowest BCUT2D eigenvalue weighted by molar-refractivity contribution is 0.934. The zero-order valence-corrected chi connectivity index (χ0v) is 7.11. The maximum absolute atomic E-state index is 5.28. The standard InChI is InChI=1S/C8H10N2S/c1-5-2-6-4-8(10-9)11-7(6)3-5/h2-4,6,10H,9H2,1H3. The van der Waals surface area contributed by atoms with Gasteiger partial charge in [0.05, 0.1) is 5.03 Å². The molecule has 58 valence electrons. The molecular weight excluding hydrogens is 156 g/mol. The molecule has 1 atom stereocenters. The van der Waals surface area contributed by atoms with Crippen LogP contribution in [-0.4, -0.2) is 0 Å². The molecule has 2 aliphatic rings. The molecule has 1 aliphatic heterocycles. The quantitative estimate of drug-likeness (QED) is 0.458. The van der Waals surface area contributed by atoms with Crippen molar-refractivity contribution in [3.05, 3.63) is 33.7 Å². The lowest BCUT2D eigenvalue weighted by atomic mass is 10.2. The van der Waals surface area contributed by atoms with Crippen LogP contribution in [0.15, 0.2) is 33.7 Å². The first-order chi connectivity index (χ1) is 5.29. The average molecular weight is 166 g/mol. The monoisotopic (exact) mass is 166 g/mol. The number of hydrazine groups is 1. The Morgan fingerprint density at radius 3 is 3.00 bits per heavy atom. The molecule has 2 rings (SSSR count). The molecule has 0 aromatic rings. The number of nitrogens with one attached hydrogen (secondary N) is 1. The number of allylic oxidation sites excluding steroid dienone is 5. The van der Waals surface area contributed by atoms with Gasteiger partial charge in [-0.2, -0.15) is 0 Å². The van der Waals surface area contributed by atoms with Crippen molar-refractivity contribution in [3.8, 4) is 0 Å². The summed E-state index contributed by atoms with van der Waals surface area (Å²) in [5.41, 5.74) is 4.01. The Morgan fingerprint density at radius 2 is 2.36 bits per heavy atom. The van der Waals surface area contributed by atoms with Crippen molar-refractivity contribution in [2.45, 2.75) is 6.92 Å². The van der Waals surface area contributed by atoms with E-state index in [-0.39, 0.29) is 0 Å². The number of rotatable bonds is 1. The van der Waals surface area contributed by atoms with Crippen LogP contribution in [0.4, 0.5) is 0 Å². The maximum Gasteiger partial charge on any atom is 0.0836 e. The zero-order chi connectivity index (χ0) is 7.84. The highest BCUT2D eigenvalue weighted by atomic mass is 32.2. The molecule has 1 unspecified atom stereocenters. The van der Waals surface area contributed by atoms with Gasteiger partial charge in [0.15, 0.2) is 0 Å². The largest absolute Gasteiger partial charge is 0.318 e. The van der Waals surface area contributed by atoms with Crippen LogP contribution in [0.1, 0.15) is 6.92 Å². The van der Waals surface area contributed by atoms with E-state index in [0.29, 0.717) is 5.92 Å². The van der Waals surface area contributed by atoms with Gasteiger partial charge in [0.1, 0.15) is 0 Å². The van der Waals surface area contributed by atoms with Crippen molar-refractivity contribution in [2.75, 3.05) is 0 Å². The molecule has 0 bridgehead atoms. The normalized spacial score (nSPS) is 27.5. The summed E-state index contributed by atoms with van der Waals surface area (Å²) in [6.07, 6.45) is 6.59. The van der Waals surface area contributed by atoms with E-state index in [1.54, 1.807) is 11.8 Å². The van der Waals surface area contributed by atoms with Gasteiger partial charge in [-0.1, -0.05) is 23.4 Å². The Morgan fingerprint density at radius 1 is 1.55 bits per heavy atom. The Kier molecular flexibility index (Phi) is 1.55. The van der Waals surface area contributed by atoms with E-state index < -0.39 is 0 Å². The molecule has 2 nitrogen and oxygen atoms in total. The number of nitrogens with two attached hydrogens (primary N) is 1. The summed E-state index contributed by atoms with van der Waals surface area (Å²) in [6, 6.07) is 0. The van der Waals surface area contributed by atoms with Crippen LogP contribution in [0.25, 0.3) is 0 Å². The highest BCUT2D eigenvalue weighted by Gasteiger charge is 2.23. The second kappa shape index (κ2) is 2.43.